The van der Waals surface area contributed by atoms with Crippen molar-refractivity contribution < 1.29 is 9.90 Å². The smallest absolute Gasteiger partial charge is 0.307 e. The molecular formula is C19H17N3O2S. The van der Waals surface area contributed by atoms with Crippen LogP contribution in [0.2, 0.25) is 0 Å². The van der Waals surface area contributed by atoms with Gasteiger partial charge in [0.15, 0.2) is 5.16 Å². The quantitative estimate of drug-likeness (QED) is 0.511. The van der Waals surface area contributed by atoms with Crippen LogP contribution in [0.15, 0.2) is 65.8 Å². The summed E-state index contributed by atoms with van der Waals surface area (Å²) in [7, 11) is 0. The molecule has 3 aromatic rings. The van der Waals surface area contributed by atoms with Crippen LogP contribution in [0.5, 0.6) is 0 Å². The summed E-state index contributed by atoms with van der Waals surface area (Å²) < 4.78 is 0. The number of carboxylic acid groups (broad SMARTS) is 1. The predicted molar refractivity (Wildman–Crippen MR) is 100 cm³/mol. The minimum atomic E-state index is -0.839. The van der Waals surface area contributed by atoms with Crippen molar-refractivity contribution in [3.05, 3.63) is 66.2 Å². The number of benzene rings is 2. The third-order valence-corrected chi connectivity index (χ3v) is 4.09. The molecule has 3 rings (SSSR count). The zero-order valence-corrected chi connectivity index (χ0v) is 14.5. The third-order valence-electron chi connectivity index (χ3n) is 3.54. The minimum Gasteiger partial charge on any atom is -0.481 e. The number of rotatable bonds is 6. The van der Waals surface area contributed by atoms with Crippen LogP contribution in [-0.2, 0) is 11.2 Å². The molecule has 0 bridgehead atoms. The minimum absolute atomic E-state index is 0.0164. The Balaban J connectivity index is 1.85. The Kier molecular flexibility index (Phi) is 5.30. The molecule has 0 amide bonds. The highest BCUT2D eigenvalue weighted by molar-refractivity contribution is 7.98. The lowest BCUT2D eigenvalue weighted by molar-refractivity contribution is -0.136. The molecule has 0 aliphatic rings. The Morgan fingerprint density at radius 1 is 1.08 bits per heavy atom. The SMILES string of the molecule is CSc1nc(Nc2ccc(CC(=O)O)cc2)cc(-c2ccccc2)n1. The maximum absolute atomic E-state index is 10.8. The molecule has 1 aromatic heterocycles. The first-order valence-corrected chi connectivity index (χ1v) is 8.93. The third kappa shape index (κ3) is 4.58. The van der Waals surface area contributed by atoms with Crippen LogP contribution in [0, 0.1) is 0 Å². The van der Waals surface area contributed by atoms with E-state index < -0.39 is 5.97 Å². The molecule has 0 unspecified atom stereocenters. The summed E-state index contributed by atoms with van der Waals surface area (Å²) in [4.78, 5) is 19.8. The van der Waals surface area contributed by atoms with E-state index in [4.69, 9.17) is 5.11 Å². The molecule has 5 nitrogen and oxygen atoms in total. The Morgan fingerprint density at radius 3 is 2.44 bits per heavy atom. The number of nitrogens with zero attached hydrogens (tertiary/aromatic N) is 2. The number of carbonyl (C=O) groups is 1. The van der Waals surface area contributed by atoms with Gasteiger partial charge in [-0.3, -0.25) is 4.79 Å². The fourth-order valence-electron chi connectivity index (χ4n) is 2.37. The zero-order valence-electron chi connectivity index (χ0n) is 13.6. The van der Waals surface area contributed by atoms with Crippen molar-refractivity contribution in [2.24, 2.45) is 0 Å². The summed E-state index contributed by atoms with van der Waals surface area (Å²) in [6, 6.07) is 19.1. The monoisotopic (exact) mass is 351 g/mol. The lowest BCUT2D eigenvalue weighted by Gasteiger charge is -2.10. The molecular weight excluding hydrogens is 334 g/mol. The number of anilines is 2. The van der Waals surface area contributed by atoms with E-state index in [9.17, 15) is 4.79 Å². The van der Waals surface area contributed by atoms with Gasteiger partial charge < -0.3 is 10.4 Å². The Hall–Kier alpha value is -2.86. The Morgan fingerprint density at radius 2 is 1.80 bits per heavy atom. The number of hydrogen-bond acceptors (Lipinski definition) is 5. The van der Waals surface area contributed by atoms with Gasteiger partial charge in [-0.2, -0.15) is 0 Å². The van der Waals surface area contributed by atoms with Crippen LogP contribution in [0.1, 0.15) is 5.56 Å². The van der Waals surface area contributed by atoms with Crippen molar-refractivity contribution in [3.63, 3.8) is 0 Å². The first kappa shape index (κ1) is 17.0. The van der Waals surface area contributed by atoms with E-state index in [0.717, 1.165) is 22.5 Å². The molecule has 0 saturated carbocycles. The molecule has 0 aliphatic heterocycles. The van der Waals surface area contributed by atoms with E-state index >= 15 is 0 Å². The van der Waals surface area contributed by atoms with Crippen molar-refractivity contribution >= 4 is 29.2 Å². The largest absolute Gasteiger partial charge is 0.481 e. The van der Waals surface area contributed by atoms with Crippen LogP contribution < -0.4 is 5.32 Å². The molecule has 0 fully saturated rings. The van der Waals surface area contributed by atoms with Gasteiger partial charge in [0.25, 0.3) is 0 Å². The zero-order chi connectivity index (χ0) is 17.6. The number of thioether (sulfide) groups is 1. The second-order valence-corrected chi connectivity index (χ2v) is 6.16. The van der Waals surface area contributed by atoms with Gasteiger partial charge in [0.1, 0.15) is 5.82 Å². The standard InChI is InChI=1S/C19H17N3O2S/c1-25-19-21-16(14-5-3-2-4-6-14)12-17(22-19)20-15-9-7-13(8-10-15)11-18(23)24/h2-10,12H,11H2,1H3,(H,23,24)(H,20,21,22). The highest BCUT2D eigenvalue weighted by Gasteiger charge is 2.07. The van der Waals surface area contributed by atoms with Crippen LogP contribution in [-0.4, -0.2) is 27.3 Å². The topological polar surface area (TPSA) is 75.1 Å². The second kappa shape index (κ2) is 7.81. The average molecular weight is 351 g/mol. The number of hydrogen-bond donors (Lipinski definition) is 2. The first-order chi connectivity index (χ1) is 12.1. The van der Waals surface area contributed by atoms with E-state index in [1.807, 2.05) is 54.8 Å². The van der Waals surface area contributed by atoms with Crippen LogP contribution in [0.4, 0.5) is 11.5 Å². The number of aliphatic carboxylic acids is 1. The predicted octanol–water partition coefficient (Wildman–Crippen LogP) is 4.24. The molecule has 6 heteroatoms. The van der Waals surface area contributed by atoms with Gasteiger partial charge in [0, 0.05) is 17.3 Å². The summed E-state index contributed by atoms with van der Waals surface area (Å²) in [6.45, 7) is 0. The molecule has 2 aromatic carbocycles. The molecule has 1 heterocycles. The maximum Gasteiger partial charge on any atom is 0.307 e. The van der Waals surface area contributed by atoms with Gasteiger partial charge in [-0.05, 0) is 24.0 Å². The van der Waals surface area contributed by atoms with Gasteiger partial charge in [0.2, 0.25) is 0 Å². The van der Waals surface area contributed by atoms with Gasteiger partial charge >= 0.3 is 5.97 Å². The molecule has 0 aliphatic carbocycles. The Bertz CT molecular complexity index is 868. The van der Waals surface area contributed by atoms with Gasteiger partial charge in [-0.15, -0.1) is 0 Å². The van der Waals surface area contributed by atoms with E-state index in [-0.39, 0.29) is 6.42 Å². The van der Waals surface area contributed by atoms with Crippen LogP contribution in [0.25, 0.3) is 11.3 Å². The van der Waals surface area contributed by atoms with Crippen molar-refractivity contribution in [1.29, 1.82) is 0 Å². The van der Waals surface area contributed by atoms with Gasteiger partial charge in [-0.1, -0.05) is 54.2 Å². The second-order valence-electron chi connectivity index (χ2n) is 5.38. The average Bonchev–Trinajstić information content (AvgIpc) is 2.63. The van der Waals surface area contributed by atoms with E-state index in [0.29, 0.717) is 11.0 Å². The highest BCUT2D eigenvalue weighted by atomic mass is 32.2. The summed E-state index contributed by atoms with van der Waals surface area (Å²) in [5, 5.41) is 12.8. The molecule has 126 valence electrons. The molecule has 0 radical (unpaired) electrons. The summed E-state index contributed by atoms with van der Waals surface area (Å²) in [5.41, 5.74) is 3.49. The van der Waals surface area contributed by atoms with Crippen LogP contribution >= 0.6 is 11.8 Å². The van der Waals surface area contributed by atoms with E-state index in [1.165, 1.54) is 11.8 Å². The van der Waals surface area contributed by atoms with Crippen molar-refractivity contribution in [2.45, 2.75) is 11.6 Å². The fraction of sp³-hybridized carbons (Fsp3) is 0.105. The van der Waals surface area contributed by atoms with Gasteiger partial charge in [0.05, 0.1) is 12.1 Å². The number of aromatic nitrogens is 2. The lowest BCUT2D eigenvalue weighted by Crippen LogP contribution is -2.01. The van der Waals surface area contributed by atoms with Crippen molar-refractivity contribution in [2.75, 3.05) is 11.6 Å². The van der Waals surface area contributed by atoms with E-state index in [2.05, 4.69) is 15.3 Å². The molecule has 25 heavy (non-hydrogen) atoms. The molecule has 0 saturated heterocycles. The summed E-state index contributed by atoms with van der Waals surface area (Å²) in [6.07, 6.45) is 1.96. The maximum atomic E-state index is 10.8. The van der Waals surface area contributed by atoms with Crippen molar-refractivity contribution in [3.8, 4) is 11.3 Å². The summed E-state index contributed by atoms with van der Waals surface area (Å²) >= 11 is 1.48. The molecule has 0 spiro atoms. The lowest BCUT2D eigenvalue weighted by atomic mass is 10.1. The van der Waals surface area contributed by atoms with Crippen LogP contribution in [0.3, 0.4) is 0 Å². The first-order valence-electron chi connectivity index (χ1n) is 7.70. The molecule has 0 atom stereocenters. The summed E-state index contributed by atoms with van der Waals surface area (Å²) in [5.74, 6) is -0.141. The fourth-order valence-corrected chi connectivity index (χ4v) is 2.74. The molecule has 2 N–H and O–H groups in total. The number of nitrogens with one attached hydrogen (secondary N) is 1. The highest BCUT2D eigenvalue weighted by Crippen LogP contribution is 2.24. The normalized spacial score (nSPS) is 10.4. The number of carboxylic acids is 1. The Labute approximate surface area is 150 Å². The van der Waals surface area contributed by atoms with Crippen molar-refractivity contribution in [1.82, 2.24) is 9.97 Å². The van der Waals surface area contributed by atoms with E-state index in [1.54, 1.807) is 12.1 Å². The van der Waals surface area contributed by atoms with Gasteiger partial charge in [-0.25, -0.2) is 9.97 Å².